The Morgan fingerprint density at radius 3 is 3.06 bits per heavy atom. The highest BCUT2D eigenvalue weighted by Crippen LogP contribution is 2.27. The lowest BCUT2D eigenvalue weighted by atomic mass is 9.98. The second-order valence-corrected chi connectivity index (χ2v) is 5.66. The number of halogens is 1. The number of benzene rings is 1. The summed E-state index contributed by atoms with van der Waals surface area (Å²) >= 11 is 3.52. The van der Waals surface area contributed by atoms with Gasteiger partial charge in [0.15, 0.2) is 0 Å². The van der Waals surface area contributed by atoms with E-state index in [1.165, 1.54) is 24.1 Å². The Morgan fingerprint density at radius 2 is 2.31 bits per heavy atom. The van der Waals surface area contributed by atoms with Crippen LogP contribution in [0.4, 0.5) is 5.69 Å². The van der Waals surface area contributed by atoms with Crippen LogP contribution in [0, 0.1) is 0 Å². The molecule has 88 valence electrons. The molecule has 1 unspecified atom stereocenters. The Kier molecular flexibility index (Phi) is 3.87. The van der Waals surface area contributed by atoms with E-state index in [0.29, 0.717) is 12.1 Å². The summed E-state index contributed by atoms with van der Waals surface area (Å²) in [6.07, 6.45) is 2.40. The predicted molar refractivity (Wildman–Crippen MR) is 73.0 cm³/mol. The normalized spacial score (nSPS) is 19.4. The van der Waals surface area contributed by atoms with Crippen LogP contribution in [0.3, 0.4) is 0 Å². The van der Waals surface area contributed by atoms with E-state index in [1.807, 2.05) is 0 Å². The molecule has 3 heteroatoms. The van der Waals surface area contributed by atoms with Gasteiger partial charge in [-0.05, 0) is 30.5 Å². The number of anilines is 1. The molecular weight excluding hydrogens is 264 g/mol. The lowest BCUT2D eigenvalue weighted by Crippen LogP contribution is -2.38. The molecule has 2 rings (SSSR count). The van der Waals surface area contributed by atoms with Gasteiger partial charge in [-0.2, -0.15) is 0 Å². The molecule has 2 nitrogen and oxygen atoms in total. The van der Waals surface area contributed by atoms with Crippen molar-refractivity contribution in [3.8, 4) is 0 Å². The summed E-state index contributed by atoms with van der Waals surface area (Å²) in [6, 6.07) is 7.62. The minimum atomic E-state index is 0.559. The van der Waals surface area contributed by atoms with Gasteiger partial charge in [-0.15, -0.1) is 0 Å². The first-order valence-electron chi connectivity index (χ1n) is 5.93. The maximum atomic E-state index is 3.60. The molecule has 1 aliphatic rings. The number of hydrogen-bond donors (Lipinski definition) is 2. The maximum Gasteiger partial charge on any atom is 0.0389 e. The fraction of sp³-hybridized carbons (Fsp3) is 0.538. The number of fused-ring (bicyclic) bond motifs is 1. The molecule has 1 atom stereocenters. The van der Waals surface area contributed by atoms with Crippen LogP contribution in [0.2, 0.25) is 0 Å². The average molecular weight is 283 g/mol. The molecule has 1 heterocycles. The van der Waals surface area contributed by atoms with E-state index in [-0.39, 0.29) is 0 Å². The molecule has 0 amide bonds. The molecule has 0 saturated carbocycles. The standard InChI is InChI=1S/C13H19BrN2/c1-9(2)15-8-12-6-4-10-3-5-11(14)7-13(10)16-12/h3,5,7,9,12,15-16H,4,6,8H2,1-2H3. The molecule has 0 radical (unpaired) electrons. The monoisotopic (exact) mass is 282 g/mol. The first-order chi connectivity index (χ1) is 7.65. The Balaban J connectivity index is 1.99. The van der Waals surface area contributed by atoms with Crippen LogP contribution in [-0.2, 0) is 6.42 Å². The van der Waals surface area contributed by atoms with Gasteiger partial charge in [0, 0.05) is 28.8 Å². The fourth-order valence-corrected chi connectivity index (χ4v) is 2.41. The summed E-state index contributed by atoms with van der Waals surface area (Å²) in [5.74, 6) is 0. The van der Waals surface area contributed by atoms with Gasteiger partial charge in [-0.25, -0.2) is 0 Å². The van der Waals surface area contributed by atoms with E-state index in [4.69, 9.17) is 0 Å². The van der Waals surface area contributed by atoms with Gasteiger partial charge >= 0.3 is 0 Å². The van der Waals surface area contributed by atoms with Gasteiger partial charge in [0.1, 0.15) is 0 Å². The van der Waals surface area contributed by atoms with Crippen LogP contribution < -0.4 is 10.6 Å². The van der Waals surface area contributed by atoms with Gasteiger partial charge in [0.2, 0.25) is 0 Å². The maximum absolute atomic E-state index is 3.60. The second kappa shape index (κ2) is 5.19. The molecule has 0 bridgehead atoms. The van der Waals surface area contributed by atoms with E-state index in [1.54, 1.807) is 0 Å². The number of nitrogens with one attached hydrogen (secondary N) is 2. The first kappa shape index (κ1) is 11.9. The van der Waals surface area contributed by atoms with Crippen LogP contribution >= 0.6 is 15.9 Å². The summed E-state index contributed by atoms with van der Waals surface area (Å²) in [6.45, 7) is 5.42. The van der Waals surface area contributed by atoms with Gasteiger partial charge in [0.25, 0.3) is 0 Å². The Morgan fingerprint density at radius 1 is 1.50 bits per heavy atom. The molecule has 1 aliphatic heterocycles. The molecule has 0 aliphatic carbocycles. The van der Waals surface area contributed by atoms with Crippen molar-refractivity contribution in [3.05, 3.63) is 28.2 Å². The summed E-state index contributed by atoms with van der Waals surface area (Å²) < 4.78 is 1.15. The zero-order valence-corrected chi connectivity index (χ0v) is 11.5. The summed E-state index contributed by atoms with van der Waals surface area (Å²) in [4.78, 5) is 0. The third kappa shape index (κ3) is 2.98. The third-order valence-electron chi connectivity index (χ3n) is 2.97. The predicted octanol–water partition coefficient (Wildman–Crippen LogP) is 3.17. The minimum Gasteiger partial charge on any atom is -0.381 e. The molecule has 0 fully saturated rings. The minimum absolute atomic E-state index is 0.559. The molecule has 1 aromatic carbocycles. The average Bonchev–Trinajstić information content (AvgIpc) is 2.25. The molecule has 2 N–H and O–H groups in total. The van der Waals surface area contributed by atoms with Gasteiger partial charge in [-0.1, -0.05) is 35.8 Å². The van der Waals surface area contributed by atoms with Crippen LogP contribution in [-0.4, -0.2) is 18.6 Å². The molecule has 0 aromatic heterocycles. The molecule has 0 saturated heterocycles. The first-order valence-corrected chi connectivity index (χ1v) is 6.73. The smallest absolute Gasteiger partial charge is 0.0389 e. The van der Waals surface area contributed by atoms with E-state index in [0.717, 1.165) is 11.0 Å². The fourth-order valence-electron chi connectivity index (χ4n) is 2.05. The van der Waals surface area contributed by atoms with E-state index >= 15 is 0 Å². The summed E-state index contributed by atoms with van der Waals surface area (Å²) in [5.41, 5.74) is 2.72. The molecule has 16 heavy (non-hydrogen) atoms. The lowest BCUT2D eigenvalue weighted by molar-refractivity contribution is 0.516. The Hall–Kier alpha value is -0.540. The van der Waals surface area contributed by atoms with Crippen molar-refractivity contribution in [1.82, 2.24) is 5.32 Å². The topological polar surface area (TPSA) is 24.1 Å². The van der Waals surface area contributed by atoms with E-state index in [9.17, 15) is 0 Å². The van der Waals surface area contributed by atoms with Crippen LogP contribution in [0.5, 0.6) is 0 Å². The molecular formula is C13H19BrN2. The zero-order chi connectivity index (χ0) is 11.5. The third-order valence-corrected chi connectivity index (χ3v) is 3.46. The van der Waals surface area contributed by atoms with E-state index < -0.39 is 0 Å². The second-order valence-electron chi connectivity index (χ2n) is 4.74. The SMILES string of the molecule is CC(C)NCC1CCc2ccc(Br)cc2N1. The quantitative estimate of drug-likeness (QED) is 0.890. The van der Waals surface area contributed by atoms with Crippen molar-refractivity contribution >= 4 is 21.6 Å². The lowest BCUT2D eigenvalue weighted by Gasteiger charge is -2.28. The highest BCUT2D eigenvalue weighted by molar-refractivity contribution is 9.10. The zero-order valence-electron chi connectivity index (χ0n) is 9.89. The Labute approximate surface area is 106 Å². The number of aryl methyl sites for hydroxylation is 1. The van der Waals surface area contributed by atoms with Crippen LogP contribution in [0.25, 0.3) is 0 Å². The largest absolute Gasteiger partial charge is 0.381 e. The summed E-state index contributed by atoms with van der Waals surface area (Å²) in [7, 11) is 0. The van der Waals surface area contributed by atoms with Crippen molar-refractivity contribution in [1.29, 1.82) is 0 Å². The number of rotatable bonds is 3. The van der Waals surface area contributed by atoms with Crippen LogP contribution in [0.15, 0.2) is 22.7 Å². The van der Waals surface area contributed by atoms with Crippen molar-refractivity contribution in [2.45, 2.75) is 38.8 Å². The number of hydrogen-bond acceptors (Lipinski definition) is 2. The van der Waals surface area contributed by atoms with Gasteiger partial charge in [0.05, 0.1) is 0 Å². The van der Waals surface area contributed by atoms with Crippen molar-refractivity contribution in [3.63, 3.8) is 0 Å². The molecule has 1 aromatic rings. The van der Waals surface area contributed by atoms with Crippen molar-refractivity contribution in [2.24, 2.45) is 0 Å². The van der Waals surface area contributed by atoms with Gasteiger partial charge in [-0.3, -0.25) is 0 Å². The van der Waals surface area contributed by atoms with Gasteiger partial charge < -0.3 is 10.6 Å². The van der Waals surface area contributed by atoms with Crippen LogP contribution in [0.1, 0.15) is 25.8 Å². The highest BCUT2D eigenvalue weighted by Gasteiger charge is 2.17. The van der Waals surface area contributed by atoms with Crippen molar-refractivity contribution < 1.29 is 0 Å². The summed E-state index contributed by atoms with van der Waals surface area (Å²) in [5, 5.41) is 7.09. The highest BCUT2D eigenvalue weighted by atomic mass is 79.9. The molecule has 0 spiro atoms. The van der Waals surface area contributed by atoms with E-state index in [2.05, 4.69) is 58.6 Å². The van der Waals surface area contributed by atoms with Crippen molar-refractivity contribution in [2.75, 3.05) is 11.9 Å². The Bertz CT molecular complexity index is 363.